The van der Waals surface area contributed by atoms with Crippen molar-refractivity contribution in [2.45, 2.75) is 0 Å². The third kappa shape index (κ3) is 8.84. The van der Waals surface area contributed by atoms with Crippen molar-refractivity contribution in [2.24, 2.45) is 0 Å². The van der Waals surface area contributed by atoms with Gasteiger partial charge in [-0.15, -0.1) is 0 Å². The van der Waals surface area contributed by atoms with Crippen LogP contribution in [-0.4, -0.2) is 0 Å². The Balaban J connectivity index is -0.00000000500. The third-order valence-corrected chi connectivity index (χ3v) is 0. The summed E-state index contributed by atoms with van der Waals surface area (Å²) in [6.45, 7) is 0. The molecule has 0 saturated carbocycles. The van der Waals surface area contributed by atoms with E-state index in [4.69, 9.17) is 0 Å². The molecule has 1 radical (unpaired) electrons. The summed E-state index contributed by atoms with van der Waals surface area (Å²) < 4.78 is 2.53. The van der Waals surface area contributed by atoms with E-state index in [1.54, 1.807) is 0 Å². The monoisotopic (exact) mass is 295 g/mol. The van der Waals surface area contributed by atoms with Crippen molar-refractivity contribution in [3.63, 3.8) is 0 Å². The first kappa shape index (κ1) is 15.9. The maximum atomic E-state index is 2.53. The van der Waals surface area contributed by atoms with Gasteiger partial charge in [0.05, 0.1) is 0 Å². The van der Waals surface area contributed by atoms with Crippen molar-refractivity contribution in [1.82, 2.24) is 0 Å². The summed E-state index contributed by atoms with van der Waals surface area (Å²) in [6.07, 6.45) is 0. The molecule has 31 valence electrons. The second-order valence-corrected chi connectivity index (χ2v) is 0. The van der Waals surface area contributed by atoms with E-state index >= 15 is 0 Å². The summed E-state index contributed by atoms with van der Waals surface area (Å²) in [6, 6.07) is 0. The van der Waals surface area contributed by atoms with Gasteiger partial charge in [-0.1, -0.05) is 0 Å². The molecule has 0 aliphatic rings. The molecule has 0 bridgehead atoms. The molecule has 4 heavy (non-hydrogen) atoms. The fourth-order valence-corrected chi connectivity index (χ4v) is 0. The molecule has 0 rings (SSSR count). The quantitative estimate of drug-likeness (QED) is 0.446. The van der Waals surface area contributed by atoms with Crippen molar-refractivity contribution in [1.29, 1.82) is 0 Å². The van der Waals surface area contributed by atoms with Gasteiger partial charge in [0.25, 0.3) is 0 Å². The van der Waals surface area contributed by atoms with Gasteiger partial charge in [-0.05, 0) is 0 Å². The predicted octanol–water partition coefficient (Wildman–Crippen LogP) is 0.321. The molecule has 0 fully saturated rings. The maximum absolute atomic E-state index is 2.53. The van der Waals surface area contributed by atoms with Crippen molar-refractivity contribution < 1.29 is 70.8 Å². The standard InChI is InChI=1S/Co.Ni.H2P.Pm/h;;1H2;/q;;-1;+1. The third-order valence-electron chi connectivity index (χ3n) is 0. The molecule has 4 heteroatoms. The van der Waals surface area contributed by atoms with E-state index in [2.05, 4.69) is 4.21 Å². The van der Waals surface area contributed by atoms with Gasteiger partial charge in [0.2, 0.25) is 0 Å². The minimum absolute atomic E-state index is 0. The fourth-order valence-electron chi connectivity index (χ4n) is 0. The zero-order valence-corrected chi connectivity index (χ0v) is 7.73. The molecule has 0 nitrogen and oxygen atoms in total. The van der Waals surface area contributed by atoms with Crippen LogP contribution >= 0.6 is 4.21 Å². The van der Waals surface area contributed by atoms with Gasteiger partial charge in [-0.3, -0.25) is 0 Å². The second-order valence-electron chi connectivity index (χ2n) is 0. The zero-order chi connectivity index (χ0) is 2.00. The Morgan fingerprint density at radius 1 is 1.25 bits per heavy atom. The molecule has 0 heterocycles. The molecule has 0 N–H and O–H groups in total. The molecule has 0 spiro atoms. The van der Waals surface area contributed by atoms with Gasteiger partial charge in [-0.25, -0.2) is 0 Å². The molecular formula is H2CoNiPPm. The van der Waals surface area contributed by atoms with E-state index in [0.29, 0.717) is 0 Å². The van der Waals surface area contributed by atoms with Crippen LogP contribution in [0.15, 0.2) is 0 Å². The first-order valence-electron chi connectivity index (χ1n) is 0.258. The van der Waals surface area contributed by atoms with Crippen molar-refractivity contribution in [3.05, 3.63) is 0 Å². The Labute approximate surface area is 73.6 Å². The van der Waals surface area contributed by atoms with Crippen LogP contribution in [0.3, 0.4) is 0 Å². The predicted molar refractivity (Wildman–Crippen MR) is 9.71 cm³/mol. The van der Waals surface area contributed by atoms with Crippen LogP contribution in [0.5, 0.6) is 0 Å². The number of hydrogen-bond acceptors (Lipinski definition) is 0. The van der Waals surface area contributed by atoms with E-state index < -0.39 is 0 Å². The van der Waals surface area contributed by atoms with E-state index in [-0.39, 0.29) is 33.3 Å². The number of hydrogen-bond donors (Lipinski definition) is 0. The molecule has 0 saturated heterocycles. The first-order valence-corrected chi connectivity index (χ1v) is 5.74. The molecule has 1 unspecified atom stereocenters. The summed E-state index contributed by atoms with van der Waals surface area (Å²) in [5, 5.41) is 0. The van der Waals surface area contributed by atoms with Gasteiger partial charge in [0.1, 0.15) is 0 Å². The average molecular weight is 296 g/mol. The Kier molecular flexibility index (Phi) is 67.9. The van der Waals surface area contributed by atoms with Crippen molar-refractivity contribution >= 4 is 4.21 Å². The van der Waals surface area contributed by atoms with Crippen LogP contribution < -0.4 is 0 Å². The fraction of sp³-hybridized carbons (Fsp3) is 0. The van der Waals surface area contributed by atoms with Crippen LogP contribution in [0, 0.1) is 37.6 Å². The normalized spacial score (nSPS) is 1.25. The Hall–Kier alpha value is 2.77. The first-order chi connectivity index (χ1) is 1.00. The molecule has 0 amide bonds. The van der Waals surface area contributed by atoms with Crippen LogP contribution in [0.25, 0.3) is 0 Å². The zero-order valence-electron chi connectivity index (χ0n) is 1.67. The minimum atomic E-state index is 0. The van der Waals surface area contributed by atoms with Crippen LogP contribution in [-0.2, 0) is 33.3 Å². The summed E-state index contributed by atoms with van der Waals surface area (Å²) in [4.78, 5) is 0. The van der Waals surface area contributed by atoms with Gasteiger partial charge < -0.3 is 0 Å². The molecular weight excluding hydrogens is 294 g/mol. The van der Waals surface area contributed by atoms with E-state index in [9.17, 15) is 0 Å². The Morgan fingerprint density at radius 3 is 1.25 bits per heavy atom. The van der Waals surface area contributed by atoms with Crippen LogP contribution in [0.1, 0.15) is 0 Å². The molecule has 1 atom stereocenters. The van der Waals surface area contributed by atoms with E-state index in [1.165, 1.54) is 37.6 Å². The van der Waals surface area contributed by atoms with Gasteiger partial charge in [-0.2, -0.15) is 0 Å². The molecule has 0 aromatic heterocycles. The average Bonchev–Trinajstić information content (AvgIpc) is 1.00. The van der Waals surface area contributed by atoms with E-state index in [1.807, 2.05) is 0 Å². The molecule has 0 aromatic carbocycles. The van der Waals surface area contributed by atoms with Gasteiger partial charge >= 0.3 is 41.8 Å². The summed E-state index contributed by atoms with van der Waals surface area (Å²) in [5.41, 5.74) is 0. The molecule has 0 aliphatic heterocycles. The van der Waals surface area contributed by atoms with Crippen LogP contribution in [0.4, 0.5) is 0 Å². The van der Waals surface area contributed by atoms with Crippen molar-refractivity contribution in [2.75, 3.05) is 0 Å². The number of rotatable bonds is 0. The summed E-state index contributed by atoms with van der Waals surface area (Å²) in [5.74, 6) is 0. The second kappa shape index (κ2) is 17.1. The molecule has 0 aromatic rings. The van der Waals surface area contributed by atoms with Gasteiger partial charge in [0.15, 0.2) is 0 Å². The van der Waals surface area contributed by atoms with Gasteiger partial charge in [0, 0.05) is 33.3 Å². The summed E-state index contributed by atoms with van der Waals surface area (Å²) in [7, 11) is 0. The summed E-state index contributed by atoms with van der Waals surface area (Å²) >= 11 is 1.36. The van der Waals surface area contributed by atoms with E-state index in [0.717, 1.165) is 0 Å². The SMILES string of the molecule is [Co].[Ni].[PH2][Pm]. The topological polar surface area (TPSA) is 0 Å². The van der Waals surface area contributed by atoms with Crippen LogP contribution in [0.2, 0.25) is 0 Å². The Morgan fingerprint density at radius 2 is 1.25 bits per heavy atom. The molecule has 0 aliphatic carbocycles. The van der Waals surface area contributed by atoms with Crippen molar-refractivity contribution in [3.8, 4) is 0 Å². The Bertz CT molecular complexity index is 8.00.